The maximum atomic E-state index is 12.8. The lowest BCUT2D eigenvalue weighted by Gasteiger charge is -2.30. The molecule has 6 heteroatoms. The minimum Gasteiger partial charge on any atom is -0.381 e. The zero-order valence-electron chi connectivity index (χ0n) is 13.8. The Morgan fingerprint density at radius 1 is 1.25 bits per heavy atom. The monoisotopic (exact) mass is 329 g/mol. The van der Waals surface area contributed by atoms with E-state index in [1.165, 1.54) is 0 Å². The number of ether oxygens (including phenoxy) is 1. The average Bonchev–Trinajstić information content (AvgIpc) is 3.16. The molecule has 128 valence electrons. The molecule has 0 spiro atoms. The summed E-state index contributed by atoms with van der Waals surface area (Å²) in [4.78, 5) is 33.4. The summed E-state index contributed by atoms with van der Waals surface area (Å²) in [6, 6.07) is 4.09. The molecule has 0 aliphatic carbocycles. The average molecular weight is 329 g/mol. The number of pyridine rings is 1. The molecule has 6 nitrogen and oxygen atoms in total. The van der Waals surface area contributed by atoms with Crippen LogP contribution in [0, 0.1) is 5.92 Å². The van der Waals surface area contributed by atoms with Gasteiger partial charge in [-0.05, 0) is 30.9 Å². The van der Waals surface area contributed by atoms with Crippen molar-refractivity contribution in [2.45, 2.75) is 44.3 Å². The van der Waals surface area contributed by atoms with Crippen molar-refractivity contribution in [2.75, 3.05) is 19.8 Å². The van der Waals surface area contributed by atoms with E-state index < -0.39 is 0 Å². The van der Waals surface area contributed by atoms with E-state index in [0.29, 0.717) is 26.2 Å². The van der Waals surface area contributed by atoms with E-state index in [0.717, 1.165) is 31.4 Å². The SMILES string of the molecule is O=C(C1CCOCC1)N1CC[C@H]2[C@H]1CC(=O)N2Cc1cccnc1. The third-order valence-corrected chi connectivity index (χ3v) is 5.54. The number of aromatic nitrogens is 1. The number of rotatable bonds is 3. The zero-order valence-corrected chi connectivity index (χ0v) is 13.8. The van der Waals surface area contributed by atoms with E-state index in [4.69, 9.17) is 4.74 Å². The Kier molecular flexibility index (Phi) is 4.22. The van der Waals surface area contributed by atoms with Crippen LogP contribution < -0.4 is 0 Å². The fraction of sp³-hybridized carbons (Fsp3) is 0.611. The van der Waals surface area contributed by atoms with Gasteiger partial charge in [-0.1, -0.05) is 6.07 Å². The smallest absolute Gasteiger partial charge is 0.226 e. The third kappa shape index (κ3) is 2.79. The number of hydrogen-bond donors (Lipinski definition) is 0. The van der Waals surface area contributed by atoms with Crippen LogP contribution in [0.2, 0.25) is 0 Å². The van der Waals surface area contributed by atoms with Crippen LogP contribution in [0.5, 0.6) is 0 Å². The van der Waals surface area contributed by atoms with Gasteiger partial charge in [0.2, 0.25) is 11.8 Å². The van der Waals surface area contributed by atoms with Crippen LogP contribution in [-0.4, -0.2) is 58.4 Å². The molecule has 2 amide bonds. The summed E-state index contributed by atoms with van der Waals surface area (Å²) in [6.45, 7) is 2.70. The van der Waals surface area contributed by atoms with Gasteiger partial charge >= 0.3 is 0 Å². The van der Waals surface area contributed by atoms with Gasteiger partial charge in [0.1, 0.15) is 0 Å². The predicted molar refractivity (Wildman–Crippen MR) is 86.9 cm³/mol. The number of fused-ring (bicyclic) bond motifs is 1. The minimum absolute atomic E-state index is 0.0458. The molecule has 0 unspecified atom stereocenters. The molecular weight excluding hydrogens is 306 g/mol. The first-order valence-electron chi connectivity index (χ1n) is 8.80. The van der Waals surface area contributed by atoms with Crippen molar-refractivity contribution < 1.29 is 14.3 Å². The van der Waals surface area contributed by atoms with Crippen LogP contribution in [-0.2, 0) is 20.9 Å². The van der Waals surface area contributed by atoms with Crippen LogP contribution >= 0.6 is 0 Å². The maximum absolute atomic E-state index is 12.8. The second-order valence-corrected chi connectivity index (χ2v) is 6.93. The number of amides is 2. The van der Waals surface area contributed by atoms with Crippen molar-refractivity contribution >= 4 is 11.8 Å². The van der Waals surface area contributed by atoms with Crippen LogP contribution in [0.1, 0.15) is 31.2 Å². The highest BCUT2D eigenvalue weighted by Gasteiger charge is 2.49. The largest absolute Gasteiger partial charge is 0.381 e. The lowest BCUT2D eigenvalue weighted by Crippen LogP contribution is -2.43. The lowest BCUT2D eigenvalue weighted by molar-refractivity contribution is -0.139. The van der Waals surface area contributed by atoms with Crippen molar-refractivity contribution in [3.05, 3.63) is 30.1 Å². The van der Waals surface area contributed by atoms with Crippen LogP contribution in [0.15, 0.2) is 24.5 Å². The molecule has 3 fully saturated rings. The second-order valence-electron chi connectivity index (χ2n) is 6.93. The van der Waals surface area contributed by atoms with Gasteiger partial charge in [0, 0.05) is 51.0 Å². The van der Waals surface area contributed by atoms with E-state index >= 15 is 0 Å². The molecule has 4 heterocycles. The standard InChI is InChI=1S/C18H23N3O3/c22-17-10-16-15(21(17)12-13-2-1-6-19-11-13)3-7-20(16)18(23)14-4-8-24-9-5-14/h1-2,6,11,14-16H,3-5,7-10,12H2/t15-,16+/m0/s1. The van der Waals surface area contributed by atoms with Crippen molar-refractivity contribution in [1.82, 2.24) is 14.8 Å². The number of nitrogens with zero attached hydrogens (tertiary/aromatic N) is 3. The van der Waals surface area contributed by atoms with Gasteiger partial charge in [-0.2, -0.15) is 0 Å². The number of likely N-dealkylation sites (tertiary alicyclic amines) is 2. The zero-order chi connectivity index (χ0) is 16.5. The third-order valence-electron chi connectivity index (χ3n) is 5.54. The topological polar surface area (TPSA) is 62.7 Å². The number of carbonyl (C=O) groups is 2. The summed E-state index contributed by atoms with van der Waals surface area (Å²) in [6.07, 6.45) is 6.49. The molecule has 2 atom stereocenters. The highest BCUT2D eigenvalue weighted by Crippen LogP contribution is 2.35. The molecule has 3 aliphatic rings. The molecular formula is C18H23N3O3. The van der Waals surface area contributed by atoms with Crippen molar-refractivity contribution in [1.29, 1.82) is 0 Å². The van der Waals surface area contributed by atoms with Gasteiger partial charge in [0.15, 0.2) is 0 Å². The summed E-state index contributed by atoms with van der Waals surface area (Å²) >= 11 is 0. The Morgan fingerprint density at radius 3 is 2.83 bits per heavy atom. The molecule has 0 N–H and O–H groups in total. The summed E-state index contributed by atoms with van der Waals surface area (Å²) in [7, 11) is 0. The Morgan fingerprint density at radius 2 is 2.08 bits per heavy atom. The molecule has 0 saturated carbocycles. The van der Waals surface area contributed by atoms with Crippen molar-refractivity contribution in [3.8, 4) is 0 Å². The van der Waals surface area contributed by atoms with E-state index in [2.05, 4.69) is 4.98 Å². The number of carbonyl (C=O) groups excluding carboxylic acids is 2. The van der Waals surface area contributed by atoms with Gasteiger partial charge in [-0.15, -0.1) is 0 Å². The molecule has 0 bridgehead atoms. The molecule has 1 aromatic rings. The van der Waals surface area contributed by atoms with Crippen LogP contribution in [0.3, 0.4) is 0 Å². The van der Waals surface area contributed by atoms with Crippen molar-refractivity contribution in [2.24, 2.45) is 5.92 Å². The first kappa shape index (κ1) is 15.6. The molecule has 0 radical (unpaired) electrons. The summed E-state index contributed by atoms with van der Waals surface area (Å²) in [5.74, 6) is 0.445. The maximum Gasteiger partial charge on any atom is 0.226 e. The Bertz CT molecular complexity index is 615. The minimum atomic E-state index is 0.0458. The van der Waals surface area contributed by atoms with Crippen molar-refractivity contribution in [3.63, 3.8) is 0 Å². The van der Waals surface area contributed by atoms with Gasteiger partial charge in [-0.3, -0.25) is 14.6 Å². The predicted octanol–water partition coefficient (Wildman–Crippen LogP) is 1.21. The molecule has 1 aromatic heterocycles. The summed E-state index contributed by atoms with van der Waals surface area (Å²) in [5.41, 5.74) is 1.04. The highest BCUT2D eigenvalue weighted by atomic mass is 16.5. The van der Waals surface area contributed by atoms with Crippen LogP contribution in [0.4, 0.5) is 0 Å². The quantitative estimate of drug-likeness (QED) is 0.836. The second kappa shape index (κ2) is 6.51. The lowest BCUT2D eigenvalue weighted by atomic mass is 9.98. The first-order valence-corrected chi connectivity index (χ1v) is 8.80. The molecule has 0 aromatic carbocycles. The van der Waals surface area contributed by atoms with E-state index in [9.17, 15) is 9.59 Å². The van der Waals surface area contributed by atoms with Gasteiger partial charge in [-0.25, -0.2) is 0 Å². The Labute approximate surface area is 141 Å². The first-order chi connectivity index (χ1) is 11.7. The summed E-state index contributed by atoms with van der Waals surface area (Å²) < 4.78 is 5.36. The fourth-order valence-corrected chi connectivity index (χ4v) is 4.27. The fourth-order valence-electron chi connectivity index (χ4n) is 4.27. The molecule has 4 rings (SSSR count). The van der Waals surface area contributed by atoms with Gasteiger partial charge in [0.05, 0.1) is 12.1 Å². The molecule has 3 saturated heterocycles. The highest BCUT2D eigenvalue weighted by molar-refractivity contribution is 5.84. The Balaban J connectivity index is 1.46. The summed E-state index contributed by atoms with van der Waals surface area (Å²) in [5, 5.41) is 0. The normalized spacial score (nSPS) is 27.6. The molecule has 24 heavy (non-hydrogen) atoms. The van der Waals surface area contributed by atoms with E-state index in [1.54, 1.807) is 12.4 Å². The number of hydrogen-bond acceptors (Lipinski definition) is 4. The van der Waals surface area contributed by atoms with E-state index in [-0.39, 0.29) is 29.8 Å². The van der Waals surface area contributed by atoms with Crippen LogP contribution in [0.25, 0.3) is 0 Å². The molecule has 3 aliphatic heterocycles. The van der Waals surface area contributed by atoms with Gasteiger partial charge < -0.3 is 14.5 Å². The van der Waals surface area contributed by atoms with Gasteiger partial charge in [0.25, 0.3) is 0 Å². The Hall–Kier alpha value is -1.95. The van der Waals surface area contributed by atoms with E-state index in [1.807, 2.05) is 21.9 Å².